The number of hydrogen-bond acceptors (Lipinski definition) is 3. The van der Waals surface area contributed by atoms with Crippen molar-refractivity contribution in [3.8, 4) is 17.1 Å². The van der Waals surface area contributed by atoms with Gasteiger partial charge in [-0.25, -0.2) is 19.3 Å². The molecule has 2 heterocycles. The number of imidazole rings is 1. The summed E-state index contributed by atoms with van der Waals surface area (Å²) >= 11 is 6.28. The predicted octanol–water partition coefficient (Wildman–Crippen LogP) is 5.74. The van der Waals surface area contributed by atoms with Crippen molar-refractivity contribution in [1.29, 1.82) is 0 Å². The average Bonchev–Trinajstić information content (AvgIpc) is 3.06. The van der Waals surface area contributed by atoms with Gasteiger partial charge >= 0.3 is 0 Å². The largest absolute Gasteiger partial charge is 0.275 e. The lowest BCUT2D eigenvalue weighted by Gasteiger charge is -2.12. The number of hydrogen-bond donors (Lipinski definition) is 0. The average molecular weight is 389 g/mol. The van der Waals surface area contributed by atoms with E-state index in [2.05, 4.69) is 4.98 Å². The van der Waals surface area contributed by atoms with Crippen LogP contribution in [0.2, 0.25) is 5.02 Å². The molecule has 4 nitrogen and oxygen atoms in total. The molecule has 0 spiro atoms. The molecule has 0 atom stereocenters. The van der Waals surface area contributed by atoms with Crippen LogP contribution in [-0.2, 0) is 0 Å². The molecule has 0 N–H and O–H groups in total. The first-order valence-electron chi connectivity index (χ1n) is 8.78. The summed E-state index contributed by atoms with van der Waals surface area (Å²) in [7, 11) is 0. The van der Waals surface area contributed by atoms with Gasteiger partial charge in [-0.3, -0.25) is 4.57 Å². The van der Waals surface area contributed by atoms with Crippen LogP contribution in [-0.4, -0.2) is 19.5 Å². The molecular weight excluding hydrogens is 375 g/mol. The quantitative estimate of drug-likeness (QED) is 0.387. The van der Waals surface area contributed by atoms with Gasteiger partial charge in [0.05, 0.1) is 16.7 Å². The van der Waals surface area contributed by atoms with Crippen molar-refractivity contribution in [2.75, 3.05) is 0 Å². The Labute approximate surface area is 165 Å². The molecule has 2 aromatic heterocycles. The molecule has 3 aromatic carbocycles. The van der Waals surface area contributed by atoms with Gasteiger partial charge in [-0.05, 0) is 61.0 Å². The maximum Gasteiger partial charge on any atom is 0.199 e. The third kappa shape index (κ3) is 2.72. The lowest BCUT2D eigenvalue weighted by Crippen LogP contribution is -2.01. The van der Waals surface area contributed by atoms with E-state index >= 15 is 0 Å². The number of halogens is 2. The standard InChI is InChI=1S/C22H14ClFN4/c1-13-6-9-15(23)12-19(13)28-21(14-7-10-16(24)11-8-14)27-20-22(28)26-18-5-3-2-4-17(18)25-20/h2-12H,1H3. The van der Waals surface area contributed by atoms with E-state index < -0.39 is 0 Å². The second-order valence-corrected chi connectivity index (χ2v) is 7.00. The number of nitrogens with zero attached hydrogens (tertiary/aromatic N) is 4. The van der Waals surface area contributed by atoms with Crippen molar-refractivity contribution in [3.05, 3.63) is 83.1 Å². The number of rotatable bonds is 2. The normalized spacial score (nSPS) is 11.4. The third-order valence-corrected chi connectivity index (χ3v) is 4.92. The van der Waals surface area contributed by atoms with Crippen molar-refractivity contribution in [2.24, 2.45) is 0 Å². The Morgan fingerprint density at radius 1 is 0.857 bits per heavy atom. The minimum Gasteiger partial charge on any atom is -0.275 e. The van der Waals surface area contributed by atoms with Crippen LogP contribution in [0.25, 0.3) is 39.4 Å². The predicted molar refractivity (Wildman–Crippen MR) is 109 cm³/mol. The summed E-state index contributed by atoms with van der Waals surface area (Å²) in [4.78, 5) is 14.2. The Morgan fingerprint density at radius 2 is 1.57 bits per heavy atom. The van der Waals surface area contributed by atoms with Gasteiger partial charge in [-0.15, -0.1) is 0 Å². The molecule has 5 rings (SSSR count). The van der Waals surface area contributed by atoms with E-state index in [1.807, 2.05) is 54.0 Å². The molecule has 0 saturated carbocycles. The van der Waals surface area contributed by atoms with E-state index in [0.29, 0.717) is 22.1 Å². The molecule has 5 aromatic rings. The van der Waals surface area contributed by atoms with Gasteiger partial charge in [-0.1, -0.05) is 29.8 Å². The van der Waals surface area contributed by atoms with Crippen LogP contribution in [0.3, 0.4) is 0 Å². The molecule has 0 unspecified atom stereocenters. The molecule has 6 heteroatoms. The number of fused-ring (bicyclic) bond motifs is 2. The minimum absolute atomic E-state index is 0.299. The van der Waals surface area contributed by atoms with Gasteiger partial charge in [0, 0.05) is 10.6 Å². The van der Waals surface area contributed by atoms with Gasteiger partial charge < -0.3 is 0 Å². The van der Waals surface area contributed by atoms with Gasteiger partial charge in [0.1, 0.15) is 11.6 Å². The maximum atomic E-state index is 13.5. The lowest BCUT2D eigenvalue weighted by atomic mass is 10.1. The van der Waals surface area contributed by atoms with Gasteiger partial charge in [0.15, 0.2) is 11.3 Å². The van der Waals surface area contributed by atoms with Crippen molar-refractivity contribution in [3.63, 3.8) is 0 Å². The van der Waals surface area contributed by atoms with E-state index in [4.69, 9.17) is 21.6 Å². The summed E-state index contributed by atoms with van der Waals surface area (Å²) in [5, 5.41) is 0.612. The highest BCUT2D eigenvalue weighted by atomic mass is 35.5. The highest BCUT2D eigenvalue weighted by molar-refractivity contribution is 6.30. The molecule has 0 bridgehead atoms. The molecule has 0 aliphatic rings. The van der Waals surface area contributed by atoms with Gasteiger partial charge in [-0.2, -0.15) is 0 Å². The van der Waals surface area contributed by atoms with E-state index in [-0.39, 0.29) is 5.82 Å². The number of para-hydroxylation sites is 2. The fourth-order valence-corrected chi connectivity index (χ4v) is 3.47. The third-order valence-electron chi connectivity index (χ3n) is 4.68. The first-order chi connectivity index (χ1) is 13.6. The highest BCUT2D eigenvalue weighted by Gasteiger charge is 2.19. The molecule has 0 fully saturated rings. The van der Waals surface area contributed by atoms with E-state index in [0.717, 1.165) is 27.8 Å². The van der Waals surface area contributed by atoms with E-state index in [9.17, 15) is 4.39 Å². The summed E-state index contributed by atoms with van der Waals surface area (Å²) in [5.74, 6) is 0.336. The van der Waals surface area contributed by atoms with Crippen LogP contribution in [0, 0.1) is 12.7 Å². The van der Waals surface area contributed by atoms with Crippen LogP contribution in [0.5, 0.6) is 0 Å². The number of aryl methyl sites for hydroxylation is 1. The van der Waals surface area contributed by atoms with Gasteiger partial charge in [0.2, 0.25) is 0 Å². The Hall–Kier alpha value is -3.31. The zero-order valence-electron chi connectivity index (χ0n) is 14.9. The zero-order valence-corrected chi connectivity index (χ0v) is 15.7. The Morgan fingerprint density at radius 3 is 2.32 bits per heavy atom. The van der Waals surface area contributed by atoms with Crippen molar-refractivity contribution in [1.82, 2.24) is 19.5 Å². The fraction of sp³-hybridized carbons (Fsp3) is 0.0455. The molecule has 0 radical (unpaired) electrons. The summed E-state index contributed by atoms with van der Waals surface area (Å²) in [6.07, 6.45) is 0. The Bertz CT molecular complexity index is 1340. The molecular formula is C22H14ClFN4. The fourth-order valence-electron chi connectivity index (χ4n) is 3.30. The summed E-state index contributed by atoms with van der Waals surface area (Å²) in [6.45, 7) is 2.00. The minimum atomic E-state index is -0.299. The van der Waals surface area contributed by atoms with Gasteiger partial charge in [0.25, 0.3) is 0 Å². The monoisotopic (exact) mass is 388 g/mol. The first kappa shape index (κ1) is 16.8. The van der Waals surface area contributed by atoms with Crippen LogP contribution in [0.15, 0.2) is 66.7 Å². The molecule has 0 amide bonds. The SMILES string of the molecule is Cc1ccc(Cl)cc1-n1c(-c2ccc(F)cc2)nc2nc3ccccc3nc21. The Balaban J connectivity index is 1.91. The van der Waals surface area contributed by atoms with Crippen LogP contribution in [0.4, 0.5) is 4.39 Å². The summed E-state index contributed by atoms with van der Waals surface area (Å²) < 4.78 is 15.4. The summed E-state index contributed by atoms with van der Waals surface area (Å²) in [5.41, 5.74) is 5.35. The van der Waals surface area contributed by atoms with Crippen LogP contribution >= 0.6 is 11.6 Å². The van der Waals surface area contributed by atoms with E-state index in [1.165, 1.54) is 12.1 Å². The summed E-state index contributed by atoms with van der Waals surface area (Å²) in [6, 6.07) is 19.6. The van der Waals surface area contributed by atoms with E-state index in [1.54, 1.807) is 12.1 Å². The highest BCUT2D eigenvalue weighted by Crippen LogP contribution is 2.31. The maximum absolute atomic E-state index is 13.5. The van der Waals surface area contributed by atoms with Crippen molar-refractivity contribution in [2.45, 2.75) is 6.92 Å². The van der Waals surface area contributed by atoms with Crippen LogP contribution < -0.4 is 0 Å². The first-order valence-corrected chi connectivity index (χ1v) is 9.16. The number of benzene rings is 3. The molecule has 0 aliphatic heterocycles. The molecule has 136 valence electrons. The Kier molecular flexibility index (Phi) is 3.84. The number of aromatic nitrogens is 4. The van der Waals surface area contributed by atoms with Crippen molar-refractivity contribution < 1.29 is 4.39 Å². The molecule has 0 aliphatic carbocycles. The second kappa shape index (κ2) is 6.39. The van der Waals surface area contributed by atoms with Crippen molar-refractivity contribution >= 4 is 33.9 Å². The van der Waals surface area contributed by atoms with Crippen LogP contribution in [0.1, 0.15) is 5.56 Å². The molecule has 28 heavy (non-hydrogen) atoms. The smallest absolute Gasteiger partial charge is 0.199 e. The lowest BCUT2D eigenvalue weighted by molar-refractivity contribution is 0.628. The zero-order chi connectivity index (χ0) is 19.3. The topological polar surface area (TPSA) is 43.6 Å². The second-order valence-electron chi connectivity index (χ2n) is 6.57. The molecule has 0 saturated heterocycles.